The minimum Gasteiger partial charge on any atom is -0.427 e. The lowest BCUT2D eigenvalue weighted by Crippen LogP contribution is -2.24. The maximum Gasteiger partial charge on any atom is 0.308 e. The third-order valence-electron chi connectivity index (χ3n) is 4.24. The summed E-state index contributed by atoms with van der Waals surface area (Å²) in [4.78, 5) is 36.1. The van der Waals surface area contributed by atoms with Gasteiger partial charge in [0.1, 0.15) is 5.75 Å². The summed E-state index contributed by atoms with van der Waals surface area (Å²) in [6.45, 7) is 1.52. The molecule has 0 spiro atoms. The molecule has 7 heteroatoms. The van der Waals surface area contributed by atoms with E-state index in [4.69, 9.17) is 10.5 Å². The van der Waals surface area contributed by atoms with E-state index in [0.29, 0.717) is 28.3 Å². The van der Waals surface area contributed by atoms with Gasteiger partial charge in [-0.25, -0.2) is 0 Å². The second-order valence-electron chi connectivity index (χ2n) is 6.54. The SMILES string of the molecule is CC(=O)Oc1cccc(C(=O)Nc2ccccc2CNC(=O)c2ccc(N)cc2)c1. The van der Waals surface area contributed by atoms with E-state index in [0.717, 1.165) is 5.56 Å². The molecule has 0 aliphatic carbocycles. The number of esters is 1. The minimum absolute atomic E-state index is 0.229. The first-order valence-electron chi connectivity index (χ1n) is 9.24. The molecule has 0 atom stereocenters. The van der Waals surface area contributed by atoms with Crippen LogP contribution in [0.4, 0.5) is 11.4 Å². The fourth-order valence-corrected chi connectivity index (χ4v) is 2.77. The number of benzene rings is 3. The molecule has 7 nitrogen and oxygen atoms in total. The van der Waals surface area contributed by atoms with E-state index < -0.39 is 5.97 Å². The van der Waals surface area contributed by atoms with Crippen LogP contribution < -0.4 is 21.1 Å². The standard InChI is InChI=1S/C23H21N3O4/c1-15(27)30-20-7-4-6-17(13-20)23(29)26-21-8-3-2-5-18(21)14-25-22(28)16-9-11-19(24)12-10-16/h2-13H,14,24H2,1H3,(H,25,28)(H,26,29). The van der Waals surface area contributed by atoms with Crippen LogP contribution in [0.1, 0.15) is 33.2 Å². The molecule has 30 heavy (non-hydrogen) atoms. The van der Waals surface area contributed by atoms with Crippen molar-refractivity contribution in [2.75, 3.05) is 11.1 Å². The molecule has 0 aliphatic rings. The van der Waals surface area contributed by atoms with E-state index in [9.17, 15) is 14.4 Å². The van der Waals surface area contributed by atoms with E-state index in [1.807, 2.05) is 12.1 Å². The molecular weight excluding hydrogens is 382 g/mol. The summed E-state index contributed by atoms with van der Waals surface area (Å²) in [7, 11) is 0. The molecule has 3 aromatic carbocycles. The van der Waals surface area contributed by atoms with Crippen molar-refractivity contribution >= 4 is 29.2 Å². The van der Waals surface area contributed by atoms with Crippen LogP contribution >= 0.6 is 0 Å². The molecule has 2 amide bonds. The van der Waals surface area contributed by atoms with E-state index >= 15 is 0 Å². The molecule has 0 saturated heterocycles. The first-order valence-corrected chi connectivity index (χ1v) is 9.24. The zero-order valence-electron chi connectivity index (χ0n) is 16.3. The molecule has 0 unspecified atom stereocenters. The van der Waals surface area contributed by atoms with Crippen LogP contribution in [-0.2, 0) is 11.3 Å². The van der Waals surface area contributed by atoms with Gasteiger partial charge in [-0.2, -0.15) is 0 Å². The Balaban J connectivity index is 1.69. The van der Waals surface area contributed by atoms with Gasteiger partial charge in [0.15, 0.2) is 0 Å². The first-order chi connectivity index (χ1) is 14.4. The number of anilines is 2. The number of hydrogen-bond donors (Lipinski definition) is 3. The van der Waals surface area contributed by atoms with Crippen LogP contribution in [0.3, 0.4) is 0 Å². The highest BCUT2D eigenvalue weighted by atomic mass is 16.5. The quantitative estimate of drug-likeness (QED) is 0.332. The summed E-state index contributed by atoms with van der Waals surface area (Å²) in [6.07, 6.45) is 0. The molecule has 0 aliphatic heterocycles. The average Bonchev–Trinajstić information content (AvgIpc) is 2.73. The lowest BCUT2D eigenvalue weighted by Gasteiger charge is -2.12. The zero-order chi connectivity index (χ0) is 21.5. The van der Waals surface area contributed by atoms with Crippen LogP contribution in [0.2, 0.25) is 0 Å². The van der Waals surface area contributed by atoms with E-state index in [1.165, 1.54) is 13.0 Å². The van der Waals surface area contributed by atoms with Gasteiger partial charge in [-0.1, -0.05) is 24.3 Å². The Hall–Kier alpha value is -4.13. The topological polar surface area (TPSA) is 111 Å². The van der Waals surface area contributed by atoms with Gasteiger partial charge in [-0.05, 0) is 54.1 Å². The third kappa shape index (κ3) is 5.45. The molecule has 0 saturated carbocycles. The monoisotopic (exact) mass is 403 g/mol. The Morgan fingerprint density at radius 2 is 1.60 bits per heavy atom. The smallest absolute Gasteiger partial charge is 0.308 e. The molecule has 4 N–H and O–H groups in total. The van der Waals surface area contributed by atoms with Crippen molar-refractivity contribution in [1.82, 2.24) is 5.32 Å². The summed E-state index contributed by atoms with van der Waals surface area (Å²) >= 11 is 0. The van der Waals surface area contributed by atoms with Gasteiger partial charge in [0.2, 0.25) is 0 Å². The van der Waals surface area contributed by atoms with Gasteiger partial charge in [-0.15, -0.1) is 0 Å². The van der Waals surface area contributed by atoms with Crippen molar-refractivity contribution in [1.29, 1.82) is 0 Å². The minimum atomic E-state index is -0.463. The number of rotatable bonds is 6. The summed E-state index contributed by atoms with van der Waals surface area (Å²) in [6, 6.07) is 20.1. The van der Waals surface area contributed by atoms with Crippen LogP contribution in [0.15, 0.2) is 72.8 Å². The summed E-state index contributed by atoms with van der Waals surface area (Å²) in [5, 5.41) is 5.66. The van der Waals surface area contributed by atoms with E-state index in [-0.39, 0.29) is 18.4 Å². The van der Waals surface area contributed by atoms with Gasteiger partial charge < -0.3 is 21.1 Å². The van der Waals surface area contributed by atoms with Crippen molar-refractivity contribution < 1.29 is 19.1 Å². The number of nitrogens with two attached hydrogens (primary N) is 1. The molecular formula is C23H21N3O4. The highest BCUT2D eigenvalue weighted by Gasteiger charge is 2.12. The Bertz CT molecular complexity index is 1080. The Kier molecular flexibility index (Phi) is 6.44. The molecule has 0 aromatic heterocycles. The predicted molar refractivity (Wildman–Crippen MR) is 114 cm³/mol. The Labute approximate surface area is 173 Å². The van der Waals surface area contributed by atoms with Gasteiger partial charge in [-0.3, -0.25) is 14.4 Å². The summed E-state index contributed by atoms with van der Waals surface area (Å²) < 4.78 is 5.02. The normalized spacial score (nSPS) is 10.2. The van der Waals surface area contributed by atoms with Gasteiger partial charge >= 0.3 is 5.97 Å². The van der Waals surface area contributed by atoms with Crippen LogP contribution in [0.25, 0.3) is 0 Å². The number of para-hydroxylation sites is 1. The van der Waals surface area contributed by atoms with Crippen molar-refractivity contribution in [2.24, 2.45) is 0 Å². The molecule has 152 valence electrons. The molecule has 0 radical (unpaired) electrons. The maximum absolute atomic E-state index is 12.6. The van der Waals surface area contributed by atoms with Crippen molar-refractivity contribution in [3.63, 3.8) is 0 Å². The number of amides is 2. The largest absolute Gasteiger partial charge is 0.427 e. The Morgan fingerprint density at radius 3 is 2.33 bits per heavy atom. The second-order valence-corrected chi connectivity index (χ2v) is 6.54. The Morgan fingerprint density at radius 1 is 0.867 bits per heavy atom. The third-order valence-corrected chi connectivity index (χ3v) is 4.24. The van der Waals surface area contributed by atoms with Crippen molar-refractivity contribution in [2.45, 2.75) is 13.5 Å². The van der Waals surface area contributed by atoms with Gasteiger partial charge in [0.05, 0.1) is 0 Å². The number of ether oxygens (including phenoxy) is 1. The number of hydrogen-bond acceptors (Lipinski definition) is 5. The summed E-state index contributed by atoms with van der Waals surface area (Å²) in [5.74, 6) is -0.777. The fraction of sp³-hybridized carbons (Fsp3) is 0.0870. The fourth-order valence-electron chi connectivity index (χ4n) is 2.77. The van der Waals surface area contributed by atoms with Crippen LogP contribution in [0, 0.1) is 0 Å². The van der Waals surface area contributed by atoms with E-state index in [1.54, 1.807) is 54.6 Å². The predicted octanol–water partition coefficient (Wildman–Crippen LogP) is 3.38. The van der Waals surface area contributed by atoms with Crippen LogP contribution in [-0.4, -0.2) is 17.8 Å². The summed E-state index contributed by atoms with van der Waals surface area (Å²) in [5.41, 5.74) is 8.37. The van der Waals surface area contributed by atoms with Crippen molar-refractivity contribution in [3.05, 3.63) is 89.5 Å². The molecule has 3 rings (SSSR count). The van der Waals surface area contributed by atoms with E-state index in [2.05, 4.69) is 10.6 Å². The second kappa shape index (κ2) is 9.38. The molecule has 3 aromatic rings. The number of nitrogens with one attached hydrogen (secondary N) is 2. The average molecular weight is 403 g/mol. The zero-order valence-corrected chi connectivity index (χ0v) is 16.3. The number of nitrogen functional groups attached to an aromatic ring is 1. The van der Waals surface area contributed by atoms with Crippen molar-refractivity contribution in [3.8, 4) is 5.75 Å². The van der Waals surface area contributed by atoms with Gasteiger partial charge in [0, 0.05) is 36.0 Å². The van der Waals surface area contributed by atoms with Crippen LogP contribution in [0.5, 0.6) is 5.75 Å². The molecule has 0 bridgehead atoms. The molecule has 0 fully saturated rings. The maximum atomic E-state index is 12.6. The number of carbonyl (C=O) groups is 3. The first kappa shape index (κ1) is 20.6. The molecule has 0 heterocycles. The lowest BCUT2D eigenvalue weighted by atomic mass is 10.1. The number of carbonyl (C=O) groups excluding carboxylic acids is 3. The highest BCUT2D eigenvalue weighted by molar-refractivity contribution is 6.05. The lowest BCUT2D eigenvalue weighted by molar-refractivity contribution is -0.131. The van der Waals surface area contributed by atoms with Gasteiger partial charge in [0.25, 0.3) is 11.8 Å². The highest BCUT2D eigenvalue weighted by Crippen LogP contribution is 2.19.